The van der Waals surface area contributed by atoms with Crippen LogP contribution in [0.25, 0.3) is 0 Å². The minimum Gasteiger partial charge on any atom is -0.336 e. The average Bonchev–Trinajstić information content (AvgIpc) is 2.82. The molecular formula is C23H38N8O4. The zero-order valence-corrected chi connectivity index (χ0v) is 20.8. The summed E-state index contributed by atoms with van der Waals surface area (Å²) in [5.74, 6) is 0. The molecule has 1 saturated heterocycles. The monoisotopic (exact) mass is 490 g/mol. The van der Waals surface area contributed by atoms with Crippen LogP contribution in [0.1, 0.15) is 33.3 Å². The van der Waals surface area contributed by atoms with Gasteiger partial charge in [-0.05, 0) is 33.3 Å². The standard InChI is InChI=1S/C23H38N8O4/c1-15-10-25-21(33)30-17(3)12-27-23(35)31(14-19-8-6-5-7-9-19)18(4)13-26-22(34)29-16(2)11-24-20(32)28-15/h5-9,15-18H,10-14H2,1-4H3,(H,27,35)(H2,24,28,32)(H2,25,30,33)(H2,26,29,34)/t15-,16?,17?,18-/m0/s1. The van der Waals surface area contributed by atoms with Gasteiger partial charge in [0.05, 0.1) is 0 Å². The van der Waals surface area contributed by atoms with E-state index in [1.807, 2.05) is 37.3 Å². The van der Waals surface area contributed by atoms with Gasteiger partial charge in [-0.2, -0.15) is 0 Å². The summed E-state index contributed by atoms with van der Waals surface area (Å²) in [4.78, 5) is 51.3. The van der Waals surface area contributed by atoms with Crippen LogP contribution in [0.5, 0.6) is 0 Å². The quantitative estimate of drug-likeness (QED) is 0.325. The molecule has 0 bridgehead atoms. The Morgan fingerprint density at radius 1 is 0.657 bits per heavy atom. The van der Waals surface area contributed by atoms with Crippen molar-refractivity contribution in [3.63, 3.8) is 0 Å². The Labute approximate surface area is 206 Å². The molecule has 0 aromatic heterocycles. The average molecular weight is 491 g/mol. The molecule has 194 valence electrons. The van der Waals surface area contributed by atoms with Crippen LogP contribution in [0.2, 0.25) is 0 Å². The van der Waals surface area contributed by atoms with Crippen molar-refractivity contribution in [2.45, 2.75) is 58.4 Å². The molecule has 12 heteroatoms. The maximum Gasteiger partial charge on any atom is 0.318 e. The molecule has 35 heavy (non-hydrogen) atoms. The number of urea groups is 4. The van der Waals surface area contributed by atoms with Crippen LogP contribution in [0, 0.1) is 0 Å². The second kappa shape index (κ2) is 13.9. The van der Waals surface area contributed by atoms with Crippen molar-refractivity contribution in [1.29, 1.82) is 0 Å². The fourth-order valence-electron chi connectivity index (χ4n) is 3.37. The van der Waals surface area contributed by atoms with E-state index in [9.17, 15) is 19.2 Å². The highest BCUT2D eigenvalue weighted by molar-refractivity contribution is 5.77. The highest BCUT2D eigenvalue weighted by atomic mass is 16.2. The summed E-state index contributed by atoms with van der Waals surface area (Å²) < 4.78 is 0. The third-order valence-electron chi connectivity index (χ3n) is 5.38. The number of rotatable bonds is 2. The van der Waals surface area contributed by atoms with Crippen LogP contribution in [0.15, 0.2) is 30.3 Å². The van der Waals surface area contributed by atoms with Crippen molar-refractivity contribution < 1.29 is 19.2 Å². The summed E-state index contributed by atoms with van der Waals surface area (Å²) in [6.07, 6.45) is 0. The van der Waals surface area contributed by atoms with Crippen molar-refractivity contribution in [1.82, 2.24) is 42.1 Å². The van der Waals surface area contributed by atoms with E-state index in [4.69, 9.17) is 0 Å². The van der Waals surface area contributed by atoms with Crippen LogP contribution in [-0.4, -0.2) is 79.4 Å². The van der Waals surface area contributed by atoms with Crippen LogP contribution in [-0.2, 0) is 6.54 Å². The van der Waals surface area contributed by atoms with Crippen LogP contribution in [0.4, 0.5) is 19.2 Å². The van der Waals surface area contributed by atoms with Gasteiger partial charge in [-0.3, -0.25) is 0 Å². The molecule has 1 fully saturated rings. The first kappa shape index (κ1) is 27.5. The first-order valence-electron chi connectivity index (χ1n) is 11.9. The van der Waals surface area contributed by atoms with E-state index in [1.54, 1.807) is 25.7 Å². The van der Waals surface area contributed by atoms with Crippen LogP contribution in [0.3, 0.4) is 0 Å². The minimum absolute atomic E-state index is 0.214. The number of benzene rings is 1. The Kier molecular flexibility index (Phi) is 10.9. The lowest BCUT2D eigenvalue weighted by Gasteiger charge is -2.30. The molecule has 0 radical (unpaired) electrons. The van der Waals surface area contributed by atoms with E-state index in [-0.39, 0.29) is 56.4 Å². The molecule has 2 rings (SSSR count). The summed E-state index contributed by atoms with van der Waals surface area (Å²) in [6, 6.07) is 6.76. The van der Waals surface area contributed by atoms with Gasteiger partial charge in [0.15, 0.2) is 0 Å². The van der Waals surface area contributed by atoms with Gasteiger partial charge in [0.1, 0.15) is 0 Å². The molecule has 4 atom stereocenters. The molecule has 1 aromatic rings. The second-order valence-electron chi connectivity index (χ2n) is 8.91. The summed E-state index contributed by atoms with van der Waals surface area (Å²) >= 11 is 0. The first-order valence-corrected chi connectivity index (χ1v) is 11.9. The summed E-state index contributed by atoms with van der Waals surface area (Å²) in [6.45, 7) is 8.37. The van der Waals surface area contributed by atoms with E-state index >= 15 is 0 Å². The highest BCUT2D eigenvalue weighted by Crippen LogP contribution is 2.09. The Morgan fingerprint density at radius 3 is 1.57 bits per heavy atom. The van der Waals surface area contributed by atoms with E-state index < -0.39 is 18.1 Å². The Hall–Kier alpha value is -3.70. The molecule has 0 spiro atoms. The maximum absolute atomic E-state index is 13.1. The number of hydrogen-bond acceptors (Lipinski definition) is 4. The van der Waals surface area contributed by atoms with Crippen molar-refractivity contribution >= 4 is 24.1 Å². The van der Waals surface area contributed by atoms with Gasteiger partial charge in [-0.1, -0.05) is 30.3 Å². The zero-order valence-electron chi connectivity index (χ0n) is 20.8. The number of nitrogens with zero attached hydrogens (tertiary/aromatic N) is 1. The molecule has 0 saturated carbocycles. The van der Waals surface area contributed by atoms with Gasteiger partial charge in [0.2, 0.25) is 0 Å². The lowest BCUT2D eigenvalue weighted by Crippen LogP contribution is -2.55. The summed E-state index contributed by atoms with van der Waals surface area (Å²) in [5, 5.41) is 19.3. The number of carbonyl (C=O) groups excluding carboxylic acids is 4. The predicted octanol–water partition coefficient (Wildman–Crippen LogP) is 0.663. The third-order valence-corrected chi connectivity index (χ3v) is 5.38. The van der Waals surface area contributed by atoms with Crippen LogP contribution >= 0.6 is 0 Å². The number of amides is 8. The van der Waals surface area contributed by atoms with E-state index in [0.29, 0.717) is 6.54 Å². The Morgan fingerprint density at radius 2 is 1.09 bits per heavy atom. The lowest BCUT2D eigenvalue weighted by molar-refractivity contribution is 0.172. The third kappa shape index (κ3) is 10.4. The van der Waals surface area contributed by atoms with E-state index in [2.05, 4.69) is 37.2 Å². The molecule has 1 aliphatic heterocycles. The van der Waals surface area contributed by atoms with Gasteiger partial charge in [-0.25, -0.2) is 19.2 Å². The van der Waals surface area contributed by atoms with Gasteiger partial charge in [-0.15, -0.1) is 0 Å². The van der Waals surface area contributed by atoms with Crippen LogP contribution < -0.4 is 37.2 Å². The molecule has 1 aliphatic rings. The van der Waals surface area contributed by atoms with Gasteiger partial charge in [0, 0.05) is 56.9 Å². The highest BCUT2D eigenvalue weighted by Gasteiger charge is 2.22. The fourth-order valence-corrected chi connectivity index (χ4v) is 3.37. The van der Waals surface area contributed by atoms with Crippen molar-refractivity contribution in [3.05, 3.63) is 35.9 Å². The smallest absolute Gasteiger partial charge is 0.318 e. The van der Waals surface area contributed by atoms with Gasteiger partial charge < -0.3 is 42.1 Å². The fraction of sp³-hybridized carbons (Fsp3) is 0.565. The number of carbonyl (C=O) groups is 4. The largest absolute Gasteiger partial charge is 0.336 e. The normalized spacial score (nSPS) is 26.0. The minimum atomic E-state index is -0.399. The van der Waals surface area contributed by atoms with Crippen molar-refractivity contribution in [2.75, 3.05) is 26.2 Å². The molecule has 0 aliphatic carbocycles. The molecule has 7 N–H and O–H groups in total. The lowest BCUT2D eigenvalue weighted by atomic mass is 10.2. The molecular weight excluding hydrogens is 452 g/mol. The molecule has 2 unspecified atom stereocenters. The van der Waals surface area contributed by atoms with Crippen molar-refractivity contribution in [3.8, 4) is 0 Å². The predicted molar refractivity (Wildman–Crippen MR) is 133 cm³/mol. The van der Waals surface area contributed by atoms with E-state index in [0.717, 1.165) is 5.56 Å². The topological polar surface area (TPSA) is 156 Å². The zero-order chi connectivity index (χ0) is 25.8. The second-order valence-corrected chi connectivity index (χ2v) is 8.91. The Balaban J connectivity index is 2.10. The summed E-state index contributed by atoms with van der Waals surface area (Å²) in [5.41, 5.74) is 0.950. The van der Waals surface area contributed by atoms with Gasteiger partial charge >= 0.3 is 24.1 Å². The first-order chi connectivity index (χ1) is 16.6. The Bertz CT molecular complexity index is 853. The molecule has 12 nitrogen and oxygen atoms in total. The molecule has 1 aromatic carbocycles. The molecule has 1 heterocycles. The number of hydrogen-bond donors (Lipinski definition) is 7. The van der Waals surface area contributed by atoms with E-state index in [1.165, 1.54) is 0 Å². The molecule has 8 amide bonds. The van der Waals surface area contributed by atoms with Crippen molar-refractivity contribution in [2.24, 2.45) is 0 Å². The SMILES string of the molecule is CC1CNC(=O)N[C@@H](C)CNC(=O)NC(C)CNC(=O)N(Cc2ccccc2)[C@@H](C)CNC(=O)N1. The van der Waals surface area contributed by atoms with Gasteiger partial charge in [0.25, 0.3) is 0 Å². The maximum atomic E-state index is 13.1. The summed E-state index contributed by atoms with van der Waals surface area (Å²) in [7, 11) is 0. The number of nitrogens with one attached hydrogen (secondary N) is 7.